The summed E-state index contributed by atoms with van der Waals surface area (Å²) in [5, 5.41) is 3.40. The maximum absolute atomic E-state index is 6.03. The molecule has 3 rings (SSSR count). The van der Waals surface area contributed by atoms with Gasteiger partial charge >= 0.3 is 0 Å². The molecule has 0 saturated heterocycles. The van der Waals surface area contributed by atoms with E-state index in [1.165, 1.54) is 64.2 Å². The SMILES string of the molecule is I.NC(=NC1CC1C1CCCCC1)NC1CCCC1. The molecule has 3 aliphatic carbocycles. The number of halogens is 1. The second-order valence-corrected chi connectivity index (χ2v) is 6.51. The Morgan fingerprint density at radius 1 is 0.947 bits per heavy atom. The fourth-order valence-corrected chi connectivity index (χ4v) is 3.91. The first-order valence-electron chi connectivity index (χ1n) is 7.93. The number of aliphatic imine (C=N–C) groups is 1. The fourth-order valence-electron chi connectivity index (χ4n) is 3.91. The molecule has 0 bridgehead atoms. The maximum Gasteiger partial charge on any atom is 0.189 e. The first-order valence-corrected chi connectivity index (χ1v) is 7.93. The molecule has 0 heterocycles. The number of nitrogens with zero attached hydrogens (tertiary/aromatic N) is 1. The average molecular weight is 377 g/mol. The standard InChI is InChI=1S/C15H27N3.HI/c16-15(17-12-8-4-5-9-12)18-14-10-13(14)11-6-2-1-3-7-11;/h11-14H,1-10H2,(H3,16,17,18);1H. The first kappa shape index (κ1) is 15.4. The van der Waals surface area contributed by atoms with Crippen molar-refractivity contribution in [2.75, 3.05) is 0 Å². The normalized spacial score (nSPS) is 32.9. The molecule has 0 aliphatic heterocycles. The van der Waals surface area contributed by atoms with Gasteiger partial charge in [0.2, 0.25) is 0 Å². The summed E-state index contributed by atoms with van der Waals surface area (Å²) in [7, 11) is 0. The largest absolute Gasteiger partial charge is 0.370 e. The number of nitrogens with two attached hydrogens (primary N) is 1. The lowest BCUT2D eigenvalue weighted by molar-refractivity contribution is 0.318. The molecule has 0 aromatic rings. The Hall–Kier alpha value is 0. The number of hydrogen-bond donors (Lipinski definition) is 2. The molecule has 3 fully saturated rings. The molecule has 3 N–H and O–H groups in total. The predicted octanol–water partition coefficient (Wildman–Crippen LogP) is 3.42. The van der Waals surface area contributed by atoms with Crippen molar-refractivity contribution in [3.8, 4) is 0 Å². The quantitative estimate of drug-likeness (QED) is 0.450. The summed E-state index contributed by atoms with van der Waals surface area (Å²) in [4.78, 5) is 4.69. The Labute approximate surface area is 134 Å². The average Bonchev–Trinajstić information content (AvgIpc) is 2.95. The van der Waals surface area contributed by atoms with Gasteiger partial charge < -0.3 is 11.1 Å². The van der Waals surface area contributed by atoms with Crippen molar-refractivity contribution in [3.63, 3.8) is 0 Å². The molecule has 2 atom stereocenters. The van der Waals surface area contributed by atoms with Crippen molar-refractivity contribution in [2.24, 2.45) is 22.6 Å². The van der Waals surface area contributed by atoms with Crippen LogP contribution in [0.2, 0.25) is 0 Å². The Balaban J connectivity index is 0.00000133. The minimum atomic E-state index is 0. The molecule has 0 radical (unpaired) electrons. The van der Waals surface area contributed by atoms with E-state index in [0.717, 1.165) is 11.8 Å². The molecular weight excluding hydrogens is 349 g/mol. The van der Waals surface area contributed by atoms with E-state index in [1.54, 1.807) is 0 Å². The van der Waals surface area contributed by atoms with Crippen LogP contribution in [-0.4, -0.2) is 18.0 Å². The lowest BCUT2D eigenvalue weighted by Crippen LogP contribution is -2.38. The number of nitrogens with one attached hydrogen (secondary N) is 1. The van der Waals surface area contributed by atoms with Gasteiger partial charge in [-0.1, -0.05) is 44.9 Å². The third-order valence-corrected chi connectivity index (χ3v) is 5.07. The van der Waals surface area contributed by atoms with Crippen molar-refractivity contribution in [1.29, 1.82) is 0 Å². The van der Waals surface area contributed by atoms with Crippen molar-refractivity contribution in [3.05, 3.63) is 0 Å². The summed E-state index contributed by atoms with van der Waals surface area (Å²) in [5.41, 5.74) is 6.03. The maximum atomic E-state index is 6.03. The van der Waals surface area contributed by atoms with E-state index in [0.29, 0.717) is 18.0 Å². The van der Waals surface area contributed by atoms with E-state index in [9.17, 15) is 0 Å². The van der Waals surface area contributed by atoms with Gasteiger partial charge in [0.15, 0.2) is 5.96 Å². The molecule has 0 aromatic carbocycles. The summed E-state index contributed by atoms with van der Waals surface area (Å²) in [6.07, 6.45) is 13.7. The lowest BCUT2D eigenvalue weighted by Gasteiger charge is -2.21. The third kappa shape index (κ3) is 4.23. The van der Waals surface area contributed by atoms with E-state index >= 15 is 0 Å². The highest BCUT2D eigenvalue weighted by Gasteiger charge is 2.43. The zero-order valence-electron chi connectivity index (χ0n) is 11.8. The van der Waals surface area contributed by atoms with Crippen molar-refractivity contribution >= 4 is 29.9 Å². The predicted molar refractivity (Wildman–Crippen MR) is 90.9 cm³/mol. The molecule has 3 saturated carbocycles. The fraction of sp³-hybridized carbons (Fsp3) is 0.933. The van der Waals surface area contributed by atoms with Gasteiger partial charge in [-0.05, 0) is 31.1 Å². The molecule has 19 heavy (non-hydrogen) atoms. The molecular formula is C15H28IN3. The summed E-state index contributed by atoms with van der Waals surface area (Å²) in [6, 6.07) is 1.14. The van der Waals surface area contributed by atoms with E-state index < -0.39 is 0 Å². The van der Waals surface area contributed by atoms with Crippen LogP contribution >= 0.6 is 24.0 Å². The Kier molecular flexibility index (Phi) is 5.78. The van der Waals surface area contributed by atoms with Crippen LogP contribution in [-0.2, 0) is 0 Å². The second-order valence-electron chi connectivity index (χ2n) is 6.51. The third-order valence-electron chi connectivity index (χ3n) is 5.07. The lowest BCUT2D eigenvalue weighted by atomic mass is 9.85. The highest BCUT2D eigenvalue weighted by molar-refractivity contribution is 14.0. The van der Waals surface area contributed by atoms with E-state index in [-0.39, 0.29) is 24.0 Å². The van der Waals surface area contributed by atoms with Gasteiger partial charge in [-0.2, -0.15) is 0 Å². The number of guanidine groups is 1. The zero-order chi connectivity index (χ0) is 12.4. The highest BCUT2D eigenvalue weighted by atomic mass is 127. The summed E-state index contributed by atoms with van der Waals surface area (Å²) in [5.74, 6) is 2.52. The van der Waals surface area contributed by atoms with Gasteiger partial charge in [-0.15, -0.1) is 24.0 Å². The Morgan fingerprint density at radius 3 is 2.26 bits per heavy atom. The van der Waals surface area contributed by atoms with Crippen molar-refractivity contribution in [1.82, 2.24) is 5.32 Å². The molecule has 0 spiro atoms. The molecule has 4 heteroatoms. The molecule has 0 aromatic heterocycles. The van der Waals surface area contributed by atoms with Crippen molar-refractivity contribution in [2.45, 2.75) is 76.3 Å². The van der Waals surface area contributed by atoms with Gasteiger partial charge in [-0.3, -0.25) is 0 Å². The Morgan fingerprint density at radius 2 is 1.58 bits per heavy atom. The van der Waals surface area contributed by atoms with Crippen molar-refractivity contribution < 1.29 is 0 Å². The highest BCUT2D eigenvalue weighted by Crippen LogP contribution is 2.46. The molecule has 3 aliphatic rings. The summed E-state index contributed by atoms with van der Waals surface area (Å²) >= 11 is 0. The van der Waals surface area contributed by atoms with E-state index in [4.69, 9.17) is 10.7 Å². The van der Waals surface area contributed by atoms with E-state index in [2.05, 4.69) is 5.32 Å². The Bertz CT molecular complexity index is 307. The number of hydrogen-bond acceptors (Lipinski definition) is 1. The molecule has 2 unspecified atom stereocenters. The minimum Gasteiger partial charge on any atom is -0.370 e. The van der Waals surface area contributed by atoms with Crippen LogP contribution in [0.15, 0.2) is 4.99 Å². The first-order chi connectivity index (χ1) is 8.83. The van der Waals surface area contributed by atoms with E-state index in [1.807, 2.05) is 0 Å². The van der Waals surface area contributed by atoms with Crippen LogP contribution in [0, 0.1) is 11.8 Å². The number of rotatable bonds is 3. The zero-order valence-corrected chi connectivity index (χ0v) is 14.1. The van der Waals surface area contributed by atoms with Crippen LogP contribution in [0.5, 0.6) is 0 Å². The van der Waals surface area contributed by atoms with Crippen LogP contribution < -0.4 is 11.1 Å². The summed E-state index contributed by atoms with van der Waals surface area (Å²) in [6.45, 7) is 0. The van der Waals surface area contributed by atoms with Crippen LogP contribution in [0.25, 0.3) is 0 Å². The van der Waals surface area contributed by atoms with Gasteiger partial charge in [0.1, 0.15) is 0 Å². The smallest absolute Gasteiger partial charge is 0.189 e. The molecule has 0 amide bonds. The van der Waals surface area contributed by atoms with Gasteiger partial charge in [0.25, 0.3) is 0 Å². The van der Waals surface area contributed by atoms with Gasteiger partial charge in [0, 0.05) is 6.04 Å². The minimum absolute atomic E-state index is 0. The van der Waals surface area contributed by atoms with Gasteiger partial charge in [0.05, 0.1) is 6.04 Å². The van der Waals surface area contributed by atoms with Crippen LogP contribution in [0.4, 0.5) is 0 Å². The molecule has 3 nitrogen and oxygen atoms in total. The second kappa shape index (κ2) is 7.14. The topological polar surface area (TPSA) is 50.4 Å². The van der Waals surface area contributed by atoms with Crippen LogP contribution in [0.1, 0.15) is 64.2 Å². The van der Waals surface area contributed by atoms with Crippen LogP contribution in [0.3, 0.4) is 0 Å². The summed E-state index contributed by atoms with van der Waals surface area (Å²) < 4.78 is 0. The van der Waals surface area contributed by atoms with Gasteiger partial charge in [-0.25, -0.2) is 4.99 Å². The monoisotopic (exact) mass is 377 g/mol. The molecule has 110 valence electrons.